The molecule has 102 valence electrons. The summed E-state index contributed by atoms with van der Waals surface area (Å²) in [5.74, 6) is -1.20. The molecule has 5 heteroatoms. The van der Waals surface area contributed by atoms with Crippen LogP contribution in [0.2, 0.25) is 0 Å². The van der Waals surface area contributed by atoms with Gasteiger partial charge in [0.25, 0.3) is 5.91 Å². The van der Waals surface area contributed by atoms with Crippen molar-refractivity contribution in [3.05, 3.63) is 12.7 Å². The molecule has 0 spiro atoms. The highest BCUT2D eigenvalue weighted by Gasteiger charge is 2.46. The predicted molar refractivity (Wildman–Crippen MR) is 67.2 cm³/mol. The summed E-state index contributed by atoms with van der Waals surface area (Å²) in [7, 11) is 0. The molecule has 0 radical (unpaired) electrons. The van der Waals surface area contributed by atoms with E-state index in [1.54, 1.807) is 19.9 Å². The van der Waals surface area contributed by atoms with Gasteiger partial charge in [0.1, 0.15) is 11.6 Å². The number of carbonyl (C=O) groups excluding carboxylic acids is 1. The fraction of sp³-hybridized carbons (Fsp3) is 0.692. The van der Waals surface area contributed by atoms with Crippen molar-refractivity contribution in [2.75, 3.05) is 13.2 Å². The number of hydrogen-bond donors (Lipinski definition) is 1. The Labute approximate surface area is 107 Å². The van der Waals surface area contributed by atoms with Crippen LogP contribution < -0.4 is 0 Å². The van der Waals surface area contributed by atoms with Gasteiger partial charge in [0, 0.05) is 6.54 Å². The van der Waals surface area contributed by atoms with Gasteiger partial charge in [-0.05, 0) is 33.1 Å². The number of likely N-dealkylation sites (tertiary alicyclic amines) is 1. The summed E-state index contributed by atoms with van der Waals surface area (Å²) in [4.78, 5) is 24.9. The largest absolute Gasteiger partial charge is 0.480 e. The third-order valence-electron chi connectivity index (χ3n) is 3.41. The number of carboxylic acids is 1. The van der Waals surface area contributed by atoms with Crippen molar-refractivity contribution < 1.29 is 19.4 Å². The van der Waals surface area contributed by atoms with Gasteiger partial charge in [-0.2, -0.15) is 0 Å². The Morgan fingerprint density at radius 1 is 1.61 bits per heavy atom. The third kappa shape index (κ3) is 2.90. The van der Waals surface area contributed by atoms with E-state index in [9.17, 15) is 14.7 Å². The lowest BCUT2D eigenvalue weighted by Gasteiger charge is -2.33. The van der Waals surface area contributed by atoms with E-state index in [1.165, 1.54) is 4.90 Å². The number of carbonyl (C=O) groups is 2. The summed E-state index contributed by atoms with van der Waals surface area (Å²) in [6.07, 6.45) is 2.99. The van der Waals surface area contributed by atoms with Gasteiger partial charge < -0.3 is 14.7 Å². The summed E-state index contributed by atoms with van der Waals surface area (Å²) in [6.45, 7) is 7.73. The fourth-order valence-electron chi connectivity index (χ4n) is 2.16. The maximum Gasteiger partial charge on any atom is 0.329 e. The second kappa shape index (κ2) is 6.00. The van der Waals surface area contributed by atoms with Crippen LogP contribution in [0.4, 0.5) is 0 Å². The van der Waals surface area contributed by atoms with Crippen LogP contribution in [0.25, 0.3) is 0 Å². The molecule has 0 aromatic carbocycles. The van der Waals surface area contributed by atoms with Crippen LogP contribution in [0.15, 0.2) is 12.7 Å². The van der Waals surface area contributed by atoms with Gasteiger partial charge in [-0.1, -0.05) is 6.08 Å². The Kier molecular flexibility index (Phi) is 4.90. The monoisotopic (exact) mass is 255 g/mol. The molecule has 2 unspecified atom stereocenters. The van der Waals surface area contributed by atoms with E-state index in [4.69, 9.17) is 4.74 Å². The van der Waals surface area contributed by atoms with Crippen molar-refractivity contribution in [2.45, 2.75) is 44.8 Å². The molecular weight excluding hydrogens is 234 g/mol. The molecule has 1 aliphatic heterocycles. The van der Waals surface area contributed by atoms with Crippen molar-refractivity contribution in [2.24, 2.45) is 0 Å². The third-order valence-corrected chi connectivity index (χ3v) is 3.41. The Morgan fingerprint density at radius 3 is 2.83 bits per heavy atom. The second-order valence-electron chi connectivity index (χ2n) is 4.76. The van der Waals surface area contributed by atoms with Crippen molar-refractivity contribution in [1.82, 2.24) is 4.90 Å². The van der Waals surface area contributed by atoms with Crippen LogP contribution in [-0.2, 0) is 14.3 Å². The Bertz CT molecular complexity index is 342. The fourth-order valence-corrected chi connectivity index (χ4v) is 2.16. The van der Waals surface area contributed by atoms with Crippen LogP contribution in [0.3, 0.4) is 0 Å². The van der Waals surface area contributed by atoms with E-state index in [0.29, 0.717) is 32.4 Å². The van der Waals surface area contributed by atoms with Crippen molar-refractivity contribution in [3.63, 3.8) is 0 Å². The lowest BCUT2D eigenvalue weighted by Crippen LogP contribution is -2.53. The van der Waals surface area contributed by atoms with E-state index in [0.717, 1.165) is 0 Å². The predicted octanol–water partition coefficient (Wildman–Crippen LogP) is 1.43. The quantitative estimate of drug-likeness (QED) is 0.576. The molecule has 0 saturated carbocycles. The molecule has 0 aromatic heterocycles. The van der Waals surface area contributed by atoms with E-state index in [1.807, 2.05) is 0 Å². The Morgan fingerprint density at radius 2 is 2.28 bits per heavy atom. The molecule has 1 saturated heterocycles. The normalized spacial score (nSPS) is 24.9. The minimum Gasteiger partial charge on any atom is -0.480 e. The molecule has 18 heavy (non-hydrogen) atoms. The first-order chi connectivity index (χ1) is 8.43. The minimum atomic E-state index is -1.09. The van der Waals surface area contributed by atoms with Crippen LogP contribution in [-0.4, -0.2) is 46.7 Å². The zero-order chi connectivity index (χ0) is 13.8. The second-order valence-corrected chi connectivity index (χ2v) is 4.76. The van der Waals surface area contributed by atoms with Gasteiger partial charge in [-0.25, -0.2) is 4.79 Å². The molecule has 0 aliphatic carbocycles. The van der Waals surface area contributed by atoms with Gasteiger partial charge in [0.05, 0.1) is 6.61 Å². The Hall–Kier alpha value is -1.36. The summed E-state index contributed by atoms with van der Waals surface area (Å²) in [5.41, 5.74) is -1.09. The molecule has 0 bridgehead atoms. The molecule has 1 heterocycles. The molecule has 1 fully saturated rings. The molecule has 1 aliphatic rings. The van der Waals surface area contributed by atoms with E-state index in [2.05, 4.69) is 6.58 Å². The topological polar surface area (TPSA) is 66.8 Å². The van der Waals surface area contributed by atoms with Crippen LogP contribution in [0.5, 0.6) is 0 Å². The number of ether oxygens (including phenoxy) is 1. The van der Waals surface area contributed by atoms with Gasteiger partial charge in [-0.15, -0.1) is 6.58 Å². The lowest BCUT2D eigenvalue weighted by atomic mass is 9.99. The average molecular weight is 255 g/mol. The molecule has 0 aromatic rings. The van der Waals surface area contributed by atoms with Crippen LogP contribution in [0, 0.1) is 0 Å². The first-order valence-electron chi connectivity index (χ1n) is 6.21. The zero-order valence-corrected chi connectivity index (χ0v) is 11.0. The maximum atomic E-state index is 12.2. The molecule has 2 atom stereocenters. The average Bonchev–Trinajstić information content (AvgIpc) is 2.72. The van der Waals surface area contributed by atoms with Gasteiger partial charge in [0.2, 0.25) is 0 Å². The highest BCUT2D eigenvalue weighted by molar-refractivity contribution is 5.89. The lowest BCUT2D eigenvalue weighted by molar-refractivity contribution is -0.160. The van der Waals surface area contributed by atoms with Gasteiger partial charge in [0.15, 0.2) is 0 Å². The number of nitrogens with zero attached hydrogens (tertiary/aromatic N) is 1. The SMILES string of the molecule is C=CCCOC(C)C(=O)N1CCCC1(C)C(=O)O. The van der Waals surface area contributed by atoms with Crippen LogP contribution in [0.1, 0.15) is 33.1 Å². The summed E-state index contributed by atoms with van der Waals surface area (Å²) in [5, 5.41) is 9.24. The van der Waals surface area contributed by atoms with Gasteiger partial charge >= 0.3 is 5.97 Å². The molecule has 1 N–H and O–H groups in total. The van der Waals surface area contributed by atoms with Crippen molar-refractivity contribution in [3.8, 4) is 0 Å². The smallest absolute Gasteiger partial charge is 0.329 e. The summed E-state index contributed by atoms with van der Waals surface area (Å²) < 4.78 is 5.37. The molecule has 1 amide bonds. The highest BCUT2D eigenvalue weighted by atomic mass is 16.5. The number of carboxylic acid groups (broad SMARTS) is 1. The first kappa shape index (κ1) is 14.7. The molecular formula is C13H21NO4. The minimum absolute atomic E-state index is 0.249. The first-order valence-corrected chi connectivity index (χ1v) is 6.21. The molecule has 1 rings (SSSR count). The number of aliphatic carboxylic acids is 1. The number of hydrogen-bond acceptors (Lipinski definition) is 3. The van der Waals surface area contributed by atoms with E-state index in [-0.39, 0.29) is 5.91 Å². The maximum absolute atomic E-state index is 12.2. The number of amides is 1. The standard InChI is InChI=1S/C13H21NO4/c1-4-5-9-18-10(2)11(15)14-8-6-7-13(14,3)12(16)17/h4,10H,1,5-9H2,2-3H3,(H,16,17). The summed E-state index contributed by atoms with van der Waals surface area (Å²) >= 11 is 0. The highest BCUT2D eigenvalue weighted by Crippen LogP contribution is 2.30. The van der Waals surface area contributed by atoms with E-state index >= 15 is 0 Å². The van der Waals surface area contributed by atoms with E-state index < -0.39 is 17.6 Å². The van der Waals surface area contributed by atoms with Crippen molar-refractivity contribution in [1.29, 1.82) is 0 Å². The zero-order valence-electron chi connectivity index (χ0n) is 11.0. The Balaban J connectivity index is 2.65. The number of rotatable bonds is 6. The van der Waals surface area contributed by atoms with Gasteiger partial charge in [-0.3, -0.25) is 4.79 Å². The summed E-state index contributed by atoms with van der Waals surface area (Å²) in [6, 6.07) is 0. The van der Waals surface area contributed by atoms with Crippen LogP contribution >= 0.6 is 0 Å². The van der Waals surface area contributed by atoms with Crippen molar-refractivity contribution >= 4 is 11.9 Å². The molecule has 5 nitrogen and oxygen atoms in total.